The molecule has 0 aliphatic carbocycles. The molecule has 2 heterocycles. The molecule has 1 aliphatic heterocycles. The fraction of sp³-hybridized carbons (Fsp3) is 0.444. The number of anilines is 1. The second-order valence-corrected chi connectivity index (χ2v) is 4.50. The molecule has 0 atom stereocenters. The van der Waals surface area contributed by atoms with E-state index < -0.39 is 5.97 Å². The highest BCUT2D eigenvalue weighted by Crippen LogP contribution is 2.21. The molecule has 5 nitrogen and oxygen atoms in total. The van der Waals surface area contributed by atoms with Crippen LogP contribution in [0.3, 0.4) is 0 Å². The molecule has 1 aromatic heterocycles. The van der Waals surface area contributed by atoms with Crippen molar-refractivity contribution in [2.24, 2.45) is 0 Å². The first kappa shape index (κ1) is 10.2. The van der Waals surface area contributed by atoms with Crippen molar-refractivity contribution in [3.05, 3.63) is 17.0 Å². The summed E-state index contributed by atoms with van der Waals surface area (Å²) >= 11 is 1.80. The number of rotatable bonds is 1. The molecule has 0 fully saturated rings. The van der Waals surface area contributed by atoms with Crippen LogP contribution >= 0.6 is 11.8 Å². The normalized spacial score (nSPS) is 15.5. The van der Waals surface area contributed by atoms with Crippen LogP contribution in [0.15, 0.2) is 0 Å². The molecule has 0 radical (unpaired) electrons. The Labute approximate surface area is 91.1 Å². The van der Waals surface area contributed by atoms with Gasteiger partial charge >= 0.3 is 5.97 Å². The Morgan fingerprint density at radius 1 is 1.33 bits per heavy atom. The Bertz CT molecular complexity index is 409. The van der Waals surface area contributed by atoms with Crippen LogP contribution in [-0.4, -0.2) is 32.5 Å². The Hall–Kier alpha value is -1.30. The molecule has 80 valence electrons. The molecule has 0 aromatic carbocycles. The lowest BCUT2D eigenvalue weighted by atomic mass is 10.1. The predicted molar refractivity (Wildman–Crippen MR) is 58.1 cm³/mol. The van der Waals surface area contributed by atoms with Gasteiger partial charge in [0.25, 0.3) is 0 Å². The second kappa shape index (κ2) is 4.06. The third-order valence-electron chi connectivity index (χ3n) is 2.29. The zero-order valence-electron chi connectivity index (χ0n) is 8.06. The van der Waals surface area contributed by atoms with Gasteiger partial charge in [-0.25, -0.2) is 14.8 Å². The molecule has 0 unspecified atom stereocenters. The number of fused-ring (bicyclic) bond motifs is 1. The van der Waals surface area contributed by atoms with Crippen molar-refractivity contribution in [3.8, 4) is 0 Å². The summed E-state index contributed by atoms with van der Waals surface area (Å²) in [5.74, 6) is 0.911. The van der Waals surface area contributed by atoms with Gasteiger partial charge in [0.1, 0.15) is 0 Å². The molecule has 0 saturated heterocycles. The topological polar surface area (TPSA) is 89.1 Å². The van der Waals surface area contributed by atoms with Crippen LogP contribution in [0.1, 0.15) is 21.7 Å². The van der Waals surface area contributed by atoms with Gasteiger partial charge in [0, 0.05) is 5.56 Å². The van der Waals surface area contributed by atoms with Crippen LogP contribution in [0.25, 0.3) is 0 Å². The average Bonchev–Trinajstić information content (AvgIpc) is 2.41. The monoisotopic (exact) mass is 225 g/mol. The number of nitrogens with zero attached hydrogens (tertiary/aromatic N) is 2. The van der Waals surface area contributed by atoms with Crippen molar-refractivity contribution < 1.29 is 9.90 Å². The molecule has 3 N–H and O–H groups in total. The maximum Gasteiger partial charge on any atom is 0.354 e. The summed E-state index contributed by atoms with van der Waals surface area (Å²) in [6.07, 6.45) is 1.48. The van der Waals surface area contributed by atoms with E-state index in [0.29, 0.717) is 6.42 Å². The van der Waals surface area contributed by atoms with Crippen LogP contribution in [0.2, 0.25) is 0 Å². The fourth-order valence-electron chi connectivity index (χ4n) is 1.64. The van der Waals surface area contributed by atoms with E-state index in [1.54, 1.807) is 11.8 Å². The van der Waals surface area contributed by atoms with Crippen LogP contribution in [0.5, 0.6) is 0 Å². The van der Waals surface area contributed by atoms with Crippen molar-refractivity contribution in [1.29, 1.82) is 0 Å². The van der Waals surface area contributed by atoms with Gasteiger partial charge in [-0.15, -0.1) is 0 Å². The Morgan fingerprint density at radius 3 is 2.80 bits per heavy atom. The van der Waals surface area contributed by atoms with Crippen molar-refractivity contribution in [2.45, 2.75) is 12.8 Å². The lowest BCUT2D eigenvalue weighted by Crippen LogP contribution is -2.13. The Kier molecular flexibility index (Phi) is 2.77. The molecule has 0 bridgehead atoms. The summed E-state index contributed by atoms with van der Waals surface area (Å²) < 4.78 is 0. The SMILES string of the molecule is Nc1nc2c(c(C(=O)O)n1)CCSCC2. The summed E-state index contributed by atoms with van der Waals surface area (Å²) in [7, 11) is 0. The summed E-state index contributed by atoms with van der Waals surface area (Å²) in [6.45, 7) is 0. The van der Waals surface area contributed by atoms with E-state index >= 15 is 0 Å². The van der Waals surface area contributed by atoms with E-state index in [2.05, 4.69) is 9.97 Å². The minimum absolute atomic E-state index is 0.0538. The summed E-state index contributed by atoms with van der Waals surface area (Å²) in [5, 5.41) is 9.00. The number of thioether (sulfide) groups is 1. The van der Waals surface area contributed by atoms with E-state index in [9.17, 15) is 4.79 Å². The molecule has 1 aromatic rings. The second-order valence-electron chi connectivity index (χ2n) is 3.27. The maximum atomic E-state index is 11.0. The van der Waals surface area contributed by atoms with Crippen LogP contribution in [0, 0.1) is 0 Å². The number of aryl methyl sites for hydroxylation is 1. The third kappa shape index (κ3) is 2.04. The summed E-state index contributed by atoms with van der Waals surface area (Å²) in [4.78, 5) is 18.9. The maximum absolute atomic E-state index is 11.0. The van der Waals surface area contributed by atoms with E-state index in [1.807, 2.05) is 0 Å². The predicted octanol–water partition coefficient (Wildman–Crippen LogP) is 0.589. The smallest absolute Gasteiger partial charge is 0.354 e. The van der Waals surface area contributed by atoms with Gasteiger partial charge in [0.2, 0.25) is 5.95 Å². The van der Waals surface area contributed by atoms with Gasteiger partial charge < -0.3 is 10.8 Å². The van der Waals surface area contributed by atoms with E-state index in [0.717, 1.165) is 29.2 Å². The highest BCUT2D eigenvalue weighted by atomic mass is 32.2. The first-order valence-electron chi connectivity index (χ1n) is 4.65. The van der Waals surface area contributed by atoms with Crippen molar-refractivity contribution in [2.75, 3.05) is 17.2 Å². The standard InChI is InChI=1S/C9H11N3O2S/c10-9-11-6-2-4-15-3-1-5(6)7(12-9)8(13)14/h1-4H2,(H,13,14)(H2,10,11,12). The molecule has 1 aliphatic rings. The number of hydrogen-bond acceptors (Lipinski definition) is 5. The van der Waals surface area contributed by atoms with Gasteiger partial charge in [0.15, 0.2) is 5.69 Å². The first-order valence-corrected chi connectivity index (χ1v) is 5.80. The molecule has 0 spiro atoms. The number of nitrogens with two attached hydrogens (primary N) is 1. The highest BCUT2D eigenvalue weighted by Gasteiger charge is 2.20. The summed E-state index contributed by atoms with van der Waals surface area (Å²) in [5.41, 5.74) is 7.10. The zero-order valence-corrected chi connectivity index (χ0v) is 8.88. The van der Waals surface area contributed by atoms with Gasteiger partial charge in [-0.2, -0.15) is 11.8 Å². The lowest BCUT2D eigenvalue weighted by Gasteiger charge is -2.07. The van der Waals surface area contributed by atoms with Gasteiger partial charge in [-0.3, -0.25) is 0 Å². The third-order valence-corrected chi connectivity index (χ3v) is 3.28. The van der Waals surface area contributed by atoms with Crippen molar-refractivity contribution in [1.82, 2.24) is 9.97 Å². The minimum Gasteiger partial charge on any atom is -0.476 e. The molecular weight excluding hydrogens is 214 g/mol. The summed E-state index contributed by atoms with van der Waals surface area (Å²) in [6, 6.07) is 0. The van der Waals surface area contributed by atoms with Gasteiger partial charge in [-0.05, 0) is 24.3 Å². The molecule has 6 heteroatoms. The van der Waals surface area contributed by atoms with E-state index in [1.165, 1.54) is 0 Å². The number of carboxylic acids is 1. The number of aromatic carboxylic acids is 1. The van der Waals surface area contributed by atoms with Crippen LogP contribution in [-0.2, 0) is 12.8 Å². The van der Waals surface area contributed by atoms with Gasteiger partial charge in [-0.1, -0.05) is 0 Å². The van der Waals surface area contributed by atoms with Crippen molar-refractivity contribution in [3.63, 3.8) is 0 Å². The average molecular weight is 225 g/mol. The largest absolute Gasteiger partial charge is 0.476 e. The number of nitrogen functional groups attached to an aromatic ring is 1. The fourth-order valence-corrected chi connectivity index (χ4v) is 2.53. The van der Waals surface area contributed by atoms with Gasteiger partial charge in [0.05, 0.1) is 5.69 Å². The number of hydrogen-bond donors (Lipinski definition) is 2. The Balaban J connectivity index is 2.54. The minimum atomic E-state index is -1.02. The quantitative estimate of drug-likeness (QED) is 0.727. The van der Waals surface area contributed by atoms with E-state index in [-0.39, 0.29) is 11.6 Å². The number of aromatic nitrogens is 2. The Morgan fingerprint density at radius 2 is 2.07 bits per heavy atom. The highest BCUT2D eigenvalue weighted by molar-refractivity contribution is 7.99. The lowest BCUT2D eigenvalue weighted by molar-refractivity contribution is 0.0689. The van der Waals surface area contributed by atoms with Crippen LogP contribution in [0.4, 0.5) is 5.95 Å². The molecular formula is C9H11N3O2S. The molecule has 0 amide bonds. The molecule has 0 saturated carbocycles. The molecule has 2 rings (SSSR count). The van der Waals surface area contributed by atoms with E-state index in [4.69, 9.17) is 10.8 Å². The molecule has 15 heavy (non-hydrogen) atoms. The van der Waals surface area contributed by atoms with Crippen molar-refractivity contribution >= 4 is 23.7 Å². The van der Waals surface area contributed by atoms with Crippen LogP contribution < -0.4 is 5.73 Å². The number of carboxylic acid groups (broad SMARTS) is 1. The first-order chi connectivity index (χ1) is 7.18. The number of carbonyl (C=O) groups is 1. The zero-order chi connectivity index (χ0) is 10.8.